The molecule has 1 aliphatic carbocycles. The average molecular weight is 593 g/mol. The van der Waals surface area contributed by atoms with Crippen molar-refractivity contribution in [1.29, 1.82) is 0 Å². The SMILES string of the molecule is C=Cc1c2[n-]c(c1C)/C=C1\[N-]/C(=C3\c4[n-]c(c(C)c4C(=O)[C@@H]3C(=O)O)/C=C\[N-]/C(CC)=C\2)[C@@H](CCC(=O)O)[C@@H]1C.CC.[Mg+2]. The number of carboxylic acid groups (broad SMARTS) is 2. The fourth-order valence-corrected chi connectivity index (χ4v) is 5.84. The molecule has 2 aliphatic heterocycles. The van der Waals surface area contributed by atoms with Crippen LogP contribution < -0.4 is 9.97 Å². The topological polar surface area (TPSA) is 148 Å². The molecule has 1 saturated heterocycles. The molecule has 222 valence electrons. The molecule has 0 amide bonds. The maximum Gasteiger partial charge on any atom is 2.00 e. The standard InChI is InChI=1S/C31H32N4O5.C2H6.Mg/c1-6-17-12-23-18(7-2)14(3)21(33-23)13-22-15(4)19(8-9-24(36)37)28(35-22)26-27(31(39)40)30(38)25-16(5)20(10-11-32-17)34-29(25)26;1-2;/h7,10-13,15,19,27H,2,6,8-9H2,1,3-5H3,(H4,34,35,36,37,38,39,40);1-2H3;/q-2;;+2/p-2/b11-10-,17-12-,22-13-;;/t15-,19-,27+;;/m0../s1. The summed E-state index contributed by atoms with van der Waals surface area (Å²) in [5, 5.41) is 29.1. The van der Waals surface area contributed by atoms with Crippen LogP contribution in [-0.4, -0.2) is 51.0 Å². The number of carbonyl (C=O) groups excluding carboxylic acids is 1. The largest absolute Gasteiger partial charge is 2.00 e. The number of hydrogen-bond donors (Lipinski definition) is 2. The predicted molar refractivity (Wildman–Crippen MR) is 170 cm³/mol. The quantitative estimate of drug-likeness (QED) is 0.278. The van der Waals surface area contributed by atoms with Crippen LogP contribution in [0.5, 0.6) is 0 Å². The van der Waals surface area contributed by atoms with Gasteiger partial charge in [0.25, 0.3) is 0 Å². The van der Waals surface area contributed by atoms with E-state index in [-0.39, 0.29) is 52.9 Å². The van der Waals surface area contributed by atoms with Crippen molar-refractivity contribution in [2.24, 2.45) is 17.8 Å². The third-order valence-corrected chi connectivity index (χ3v) is 8.08. The van der Waals surface area contributed by atoms with E-state index in [2.05, 4.69) is 11.9 Å². The number of Topliss-reactive ketones (excluding diaryl/α,β-unsaturated/α-hetero) is 1. The molecule has 9 nitrogen and oxygen atoms in total. The fraction of sp³-hybridized carbons (Fsp3) is 0.364. The summed E-state index contributed by atoms with van der Waals surface area (Å²) < 4.78 is 0. The summed E-state index contributed by atoms with van der Waals surface area (Å²) in [4.78, 5) is 47.1. The summed E-state index contributed by atoms with van der Waals surface area (Å²) in [6, 6.07) is 0. The van der Waals surface area contributed by atoms with E-state index in [0.717, 1.165) is 22.5 Å². The Morgan fingerprint density at radius 2 is 1.74 bits per heavy atom. The monoisotopic (exact) mass is 592 g/mol. The van der Waals surface area contributed by atoms with E-state index in [0.29, 0.717) is 40.5 Å². The Kier molecular flexibility index (Phi) is 10.7. The number of carboxylic acids is 2. The van der Waals surface area contributed by atoms with Crippen molar-refractivity contribution in [2.45, 2.75) is 60.8 Å². The molecule has 43 heavy (non-hydrogen) atoms. The number of fused-ring (bicyclic) bond motifs is 5. The second-order valence-electron chi connectivity index (χ2n) is 10.3. The van der Waals surface area contributed by atoms with Gasteiger partial charge in [0.05, 0.1) is 0 Å². The van der Waals surface area contributed by atoms with E-state index >= 15 is 0 Å². The number of carbonyl (C=O) groups is 3. The van der Waals surface area contributed by atoms with E-state index in [1.54, 1.807) is 25.3 Å². The van der Waals surface area contributed by atoms with Gasteiger partial charge in [-0.05, 0) is 37.7 Å². The first-order valence-corrected chi connectivity index (χ1v) is 14.3. The Labute approximate surface area is 268 Å². The Balaban J connectivity index is 0.00000165. The minimum absolute atomic E-state index is 0. The number of aliphatic carboxylic acids is 2. The number of rotatable bonds is 6. The zero-order valence-electron chi connectivity index (χ0n) is 25.6. The van der Waals surface area contributed by atoms with Gasteiger partial charge in [-0.15, -0.1) is 22.8 Å². The molecule has 1 fully saturated rings. The Bertz CT molecular complexity index is 1590. The third kappa shape index (κ3) is 6.03. The molecule has 2 aromatic heterocycles. The Morgan fingerprint density at radius 3 is 2.35 bits per heavy atom. The number of aromatic nitrogens is 2. The maximum absolute atomic E-state index is 13.5. The van der Waals surface area contributed by atoms with E-state index in [1.165, 1.54) is 0 Å². The first-order valence-electron chi connectivity index (χ1n) is 14.3. The van der Waals surface area contributed by atoms with Gasteiger partial charge in [0.2, 0.25) is 0 Å². The van der Waals surface area contributed by atoms with Gasteiger partial charge in [-0.1, -0.05) is 81.7 Å². The van der Waals surface area contributed by atoms with Gasteiger partial charge < -0.3 is 30.8 Å². The van der Waals surface area contributed by atoms with Crippen molar-refractivity contribution in [1.82, 2.24) is 9.97 Å². The minimum Gasteiger partial charge on any atom is -0.668 e. The molecule has 2 aromatic rings. The second-order valence-corrected chi connectivity index (χ2v) is 10.3. The van der Waals surface area contributed by atoms with Crippen molar-refractivity contribution in [2.75, 3.05) is 0 Å². The van der Waals surface area contributed by atoms with Crippen LogP contribution in [0.3, 0.4) is 0 Å². The second kappa shape index (κ2) is 13.7. The molecule has 10 heteroatoms. The normalized spacial score (nSPS) is 25.1. The molecule has 6 bridgehead atoms. The fourth-order valence-electron chi connectivity index (χ4n) is 5.84. The molecule has 3 aliphatic rings. The van der Waals surface area contributed by atoms with Crippen LogP contribution in [0.15, 0.2) is 29.9 Å². The third-order valence-electron chi connectivity index (χ3n) is 8.08. The zero-order chi connectivity index (χ0) is 30.9. The molecule has 2 N–H and O–H groups in total. The van der Waals surface area contributed by atoms with Crippen molar-refractivity contribution >= 4 is 70.7 Å². The maximum atomic E-state index is 13.5. The Morgan fingerprint density at radius 1 is 1.05 bits per heavy atom. The first-order chi connectivity index (χ1) is 20.1. The minimum atomic E-state index is -1.46. The zero-order valence-corrected chi connectivity index (χ0v) is 27.0. The van der Waals surface area contributed by atoms with Gasteiger partial charge >= 0.3 is 35.0 Å². The molecule has 5 rings (SSSR count). The van der Waals surface area contributed by atoms with Gasteiger partial charge in [-0.3, -0.25) is 14.4 Å². The van der Waals surface area contributed by atoms with Crippen LogP contribution in [-0.2, 0) is 9.59 Å². The van der Waals surface area contributed by atoms with Gasteiger partial charge in [0, 0.05) is 12.0 Å². The summed E-state index contributed by atoms with van der Waals surface area (Å²) in [5.74, 6) is -4.90. The van der Waals surface area contributed by atoms with Crippen LogP contribution >= 0.6 is 0 Å². The average Bonchev–Trinajstić information content (AvgIpc) is 3.63. The molecule has 0 radical (unpaired) electrons. The van der Waals surface area contributed by atoms with E-state index in [4.69, 9.17) is 15.3 Å². The molecule has 0 spiro atoms. The van der Waals surface area contributed by atoms with Crippen molar-refractivity contribution in [3.05, 3.63) is 85.5 Å². The van der Waals surface area contributed by atoms with Crippen LogP contribution in [0.2, 0.25) is 0 Å². The van der Waals surface area contributed by atoms with Crippen LogP contribution in [0, 0.1) is 31.6 Å². The summed E-state index contributed by atoms with van der Waals surface area (Å²) >= 11 is 0. The van der Waals surface area contributed by atoms with Crippen LogP contribution in [0.4, 0.5) is 0 Å². The summed E-state index contributed by atoms with van der Waals surface area (Å²) in [5.41, 5.74) is 6.98. The van der Waals surface area contributed by atoms with E-state index in [9.17, 15) is 24.6 Å². The predicted octanol–water partition coefficient (Wildman–Crippen LogP) is 6.77. The van der Waals surface area contributed by atoms with Gasteiger partial charge in [-0.2, -0.15) is 23.3 Å². The molecular weight excluding hydrogens is 557 g/mol. The van der Waals surface area contributed by atoms with Crippen LogP contribution in [0.1, 0.15) is 96.8 Å². The van der Waals surface area contributed by atoms with Gasteiger partial charge in [0.15, 0.2) is 5.78 Å². The first kappa shape index (κ1) is 33.7. The number of nitrogens with zero attached hydrogens (tertiary/aromatic N) is 4. The van der Waals surface area contributed by atoms with Crippen molar-refractivity contribution in [3.8, 4) is 0 Å². The van der Waals surface area contributed by atoms with Gasteiger partial charge in [-0.25, -0.2) is 0 Å². The van der Waals surface area contributed by atoms with E-state index < -0.39 is 29.6 Å². The molecule has 3 atom stereocenters. The van der Waals surface area contributed by atoms with Crippen LogP contribution in [0.25, 0.3) is 40.5 Å². The molecule has 0 saturated carbocycles. The summed E-state index contributed by atoms with van der Waals surface area (Å²) in [6.07, 6.45) is 9.63. The van der Waals surface area contributed by atoms with Crippen molar-refractivity contribution in [3.63, 3.8) is 0 Å². The molecule has 4 heterocycles. The number of hydrogen-bond acceptors (Lipinski definition) is 3. The number of ketones is 1. The van der Waals surface area contributed by atoms with Gasteiger partial charge in [0.1, 0.15) is 5.92 Å². The summed E-state index contributed by atoms with van der Waals surface area (Å²) in [6.45, 7) is 15.6. The Hall–Kier alpha value is -3.76. The summed E-state index contributed by atoms with van der Waals surface area (Å²) in [7, 11) is 0. The molecule has 0 aromatic carbocycles. The molecule has 0 unspecified atom stereocenters. The van der Waals surface area contributed by atoms with Crippen molar-refractivity contribution < 1.29 is 24.6 Å². The number of allylic oxidation sites excluding steroid dienone is 3. The van der Waals surface area contributed by atoms with E-state index in [1.807, 2.05) is 46.8 Å². The molecular formula is C33H36MgN4O5-2. The smallest absolute Gasteiger partial charge is 0.668 e.